The highest BCUT2D eigenvalue weighted by atomic mass is 32.2. The van der Waals surface area contributed by atoms with Crippen LogP contribution in [0.3, 0.4) is 0 Å². The Balaban J connectivity index is 1.82. The molecule has 4 aromatic carbocycles. The normalized spacial score (nSPS) is 11.9. The zero-order valence-electron chi connectivity index (χ0n) is 27.5. The quantitative estimate of drug-likeness (QED) is 0.156. The van der Waals surface area contributed by atoms with Gasteiger partial charge in [-0.2, -0.15) is 0 Å². The summed E-state index contributed by atoms with van der Waals surface area (Å²) >= 11 is 0. The van der Waals surface area contributed by atoms with Gasteiger partial charge in [0.25, 0.3) is 10.0 Å². The predicted molar refractivity (Wildman–Crippen MR) is 185 cm³/mol. The van der Waals surface area contributed by atoms with Gasteiger partial charge in [-0.25, -0.2) is 8.42 Å². The van der Waals surface area contributed by atoms with Crippen LogP contribution in [0.1, 0.15) is 53.1 Å². The molecule has 0 bridgehead atoms. The lowest BCUT2D eigenvalue weighted by Gasteiger charge is -2.34. The van der Waals surface area contributed by atoms with Gasteiger partial charge >= 0.3 is 0 Å². The van der Waals surface area contributed by atoms with Crippen molar-refractivity contribution in [2.75, 3.05) is 17.4 Å². The first-order chi connectivity index (χ1) is 22.0. The van der Waals surface area contributed by atoms with Crippen molar-refractivity contribution in [3.8, 4) is 0 Å². The van der Waals surface area contributed by atoms with E-state index in [9.17, 15) is 18.0 Å². The Bertz CT molecular complexity index is 1740. The standard InChI is InChI=1S/C38H45N3O4S/c1-6-7-22-39-38(43)36(25-32-13-9-8-10-14-32)40(26-33-15-11-12-29(3)23-33)37(42)27-41(35-24-30(4)16-19-31(35)5)46(44,45)34-20-17-28(2)18-21-34/h8-21,23-24,36H,6-7,22,25-27H2,1-5H3,(H,39,43). The van der Waals surface area contributed by atoms with Crippen molar-refractivity contribution < 1.29 is 18.0 Å². The molecule has 0 saturated heterocycles. The van der Waals surface area contributed by atoms with Gasteiger partial charge in [-0.1, -0.05) is 103 Å². The van der Waals surface area contributed by atoms with Gasteiger partial charge in [0.1, 0.15) is 12.6 Å². The van der Waals surface area contributed by atoms with Gasteiger partial charge in [0, 0.05) is 19.5 Å². The molecule has 4 aromatic rings. The van der Waals surface area contributed by atoms with Crippen molar-refractivity contribution >= 4 is 27.5 Å². The van der Waals surface area contributed by atoms with E-state index in [0.29, 0.717) is 12.2 Å². The smallest absolute Gasteiger partial charge is 0.264 e. The topological polar surface area (TPSA) is 86.8 Å². The van der Waals surface area contributed by atoms with Crippen LogP contribution in [0.25, 0.3) is 0 Å². The van der Waals surface area contributed by atoms with Crippen molar-refractivity contribution in [3.63, 3.8) is 0 Å². The molecule has 4 rings (SSSR count). The SMILES string of the molecule is CCCCNC(=O)C(Cc1ccccc1)N(Cc1cccc(C)c1)C(=O)CN(c1cc(C)ccc1C)S(=O)(=O)c1ccc(C)cc1. The summed E-state index contributed by atoms with van der Waals surface area (Å²) in [6.45, 7) is 9.81. The molecular formula is C38H45N3O4S. The number of rotatable bonds is 14. The summed E-state index contributed by atoms with van der Waals surface area (Å²) in [5.74, 6) is -0.734. The minimum atomic E-state index is -4.16. The number of nitrogens with one attached hydrogen (secondary N) is 1. The first kappa shape index (κ1) is 34.4. The van der Waals surface area contributed by atoms with Crippen molar-refractivity contribution in [2.45, 2.75) is 71.4 Å². The lowest BCUT2D eigenvalue weighted by Crippen LogP contribution is -2.53. The zero-order valence-corrected chi connectivity index (χ0v) is 28.3. The molecule has 0 aromatic heterocycles. The second-order valence-electron chi connectivity index (χ2n) is 12.0. The maximum Gasteiger partial charge on any atom is 0.264 e. The lowest BCUT2D eigenvalue weighted by molar-refractivity contribution is -0.140. The molecule has 46 heavy (non-hydrogen) atoms. The molecule has 7 nitrogen and oxygen atoms in total. The Labute approximate surface area is 274 Å². The first-order valence-corrected chi connectivity index (χ1v) is 17.3. The van der Waals surface area contributed by atoms with Crippen LogP contribution in [0.15, 0.2) is 102 Å². The molecule has 2 amide bonds. The van der Waals surface area contributed by atoms with E-state index < -0.39 is 28.5 Å². The highest BCUT2D eigenvalue weighted by Gasteiger charge is 2.35. The minimum absolute atomic E-state index is 0.0928. The van der Waals surface area contributed by atoms with Crippen LogP contribution in [0, 0.1) is 27.7 Å². The Kier molecular flexibility index (Phi) is 11.8. The molecule has 0 aliphatic heterocycles. The van der Waals surface area contributed by atoms with E-state index in [1.54, 1.807) is 35.2 Å². The number of hydrogen-bond donors (Lipinski definition) is 1. The first-order valence-electron chi connectivity index (χ1n) is 15.8. The van der Waals surface area contributed by atoms with Gasteiger partial charge in [0.2, 0.25) is 11.8 Å². The van der Waals surface area contributed by atoms with Crippen LogP contribution < -0.4 is 9.62 Å². The fourth-order valence-corrected chi connectivity index (χ4v) is 6.88. The van der Waals surface area contributed by atoms with E-state index in [2.05, 4.69) is 12.2 Å². The third kappa shape index (κ3) is 8.85. The van der Waals surface area contributed by atoms with Crippen LogP contribution in [-0.4, -0.2) is 44.3 Å². The van der Waals surface area contributed by atoms with Crippen LogP contribution in [-0.2, 0) is 32.6 Å². The second kappa shape index (κ2) is 15.7. The summed E-state index contributed by atoms with van der Waals surface area (Å²) in [4.78, 5) is 30.2. The number of aryl methyl sites for hydroxylation is 4. The van der Waals surface area contributed by atoms with Crippen LogP contribution in [0.2, 0.25) is 0 Å². The van der Waals surface area contributed by atoms with E-state index in [-0.39, 0.29) is 23.8 Å². The van der Waals surface area contributed by atoms with Gasteiger partial charge < -0.3 is 10.2 Å². The molecular weight excluding hydrogens is 595 g/mol. The predicted octanol–water partition coefficient (Wildman–Crippen LogP) is 6.67. The zero-order chi connectivity index (χ0) is 33.3. The average molecular weight is 640 g/mol. The highest BCUT2D eigenvalue weighted by Crippen LogP contribution is 2.29. The number of anilines is 1. The van der Waals surface area contributed by atoms with Gasteiger partial charge in [0.05, 0.1) is 10.6 Å². The van der Waals surface area contributed by atoms with Gasteiger partial charge in [0.15, 0.2) is 0 Å². The van der Waals surface area contributed by atoms with Crippen molar-refractivity contribution in [2.24, 2.45) is 0 Å². The number of carbonyl (C=O) groups excluding carboxylic acids is 2. The Morgan fingerprint density at radius 1 is 0.761 bits per heavy atom. The van der Waals surface area contributed by atoms with Crippen molar-refractivity contribution in [1.29, 1.82) is 0 Å². The lowest BCUT2D eigenvalue weighted by atomic mass is 10.0. The molecule has 0 radical (unpaired) electrons. The van der Waals surface area contributed by atoms with Crippen molar-refractivity contribution in [3.05, 3.63) is 130 Å². The van der Waals surface area contributed by atoms with E-state index in [1.165, 1.54) is 4.31 Å². The number of unbranched alkanes of at least 4 members (excludes halogenated alkanes) is 1. The average Bonchev–Trinajstić information content (AvgIpc) is 3.03. The Hall–Kier alpha value is -4.43. The molecule has 0 aliphatic carbocycles. The largest absolute Gasteiger partial charge is 0.354 e. The molecule has 0 aliphatic rings. The molecule has 1 unspecified atom stereocenters. The van der Waals surface area contributed by atoms with Gasteiger partial charge in [-0.15, -0.1) is 0 Å². The highest BCUT2D eigenvalue weighted by molar-refractivity contribution is 7.92. The molecule has 8 heteroatoms. The maximum atomic E-state index is 14.7. The Morgan fingerprint density at radius 3 is 2.09 bits per heavy atom. The van der Waals surface area contributed by atoms with Gasteiger partial charge in [-0.05, 0) is 74.6 Å². The monoisotopic (exact) mass is 639 g/mol. The molecule has 0 saturated carbocycles. The summed E-state index contributed by atoms with van der Waals surface area (Å²) in [6.07, 6.45) is 2.01. The van der Waals surface area contributed by atoms with Gasteiger partial charge in [-0.3, -0.25) is 13.9 Å². The summed E-state index contributed by atoms with van der Waals surface area (Å²) in [6, 6.07) is 28.7. The third-order valence-corrected chi connectivity index (χ3v) is 9.83. The Morgan fingerprint density at radius 2 is 1.41 bits per heavy atom. The molecule has 1 N–H and O–H groups in total. The summed E-state index contributed by atoms with van der Waals surface area (Å²) in [7, 11) is -4.16. The molecule has 242 valence electrons. The molecule has 0 spiro atoms. The fraction of sp³-hybridized carbons (Fsp3) is 0.316. The molecule has 0 fully saturated rings. The molecule has 1 atom stereocenters. The second-order valence-corrected chi connectivity index (χ2v) is 13.8. The summed E-state index contributed by atoms with van der Waals surface area (Å²) in [5, 5.41) is 3.03. The minimum Gasteiger partial charge on any atom is -0.354 e. The summed E-state index contributed by atoms with van der Waals surface area (Å²) in [5.41, 5.74) is 5.72. The number of benzene rings is 4. The summed E-state index contributed by atoms with van der Waals surface area (Å²) < 4.78 is 29.8. The molecule has 0 heterocycles. The fourth-order valence-electron chi connectivity index (χ4n) is 5.41. The van der Waals surface area contributed by atoms with E-state index >= 15 is 0 Å². The number of sulfonamides is 1. The van der Waals surface area contributed by atoms with E-state index in [1.807, 2.05) is 94.4 Å². The maximum absolute atomic E-state index is 14.7. The number of nitrogens with zero attached hydrogens (tertiary/aromatic N) is 2. The van der Waals surface area contributed by atoms with Crippen molar-refractivity contribution in [1.82, 2.24) is 10.2 Å². The van der Waals surface area contributed by atoms with E-state index in [4.69, 9.17) is 0 Å². The third-order valence-electron chi connectivity index (χ3n) is 8.06. The number of amides is 2. The van der Waals surface area contributed by atoms with Crippen LogP contribution >= 0.6 is 0 Å². The van der Waals surface area contributed by atoms with E-state index in [0.717, 1.165) is 46.2 Å². The van der Waals surface area contributed by atoms with Crippen LogP contribution in [0.4, 0.5) is 5.69 Å². The van der Waals surface area contributed by atoms with Crippen LogP contribution in [0.5, 0.6) is 0 Å². The number of carbonyl (C=O) groups is 2. The number of hydrogen-bond acceptors (Lipinski definition) is 4.